The van der Waals surface area contributed by atoms with Gasteiger partial charge in [-0.1, -0.05) is 0 Å². The largest absolute Gasteiger partial charge is 0.469 e. The molecule has 1 aromatic rings. The zero-order chi connectivity index (χ0) is 12.4. The zero-order valence-electron chi connectivity index (χ0n) is 10.0. The van der Waals surface area contributed by atoms with Gasteiger partial charge in [0.2, 0.25) is 0 Å². The fourth-order valence-electron chi connectivity index (χ4n) is 2.29. The number of nitrogens with two attached hydrogens (primary N) is 1. The third kappa shape index (κ3) is 2.58. The van der Waals surface area contributed by atoms with Crippen LogP contribution in [0.4, 0.5) is 5.13 Å². The lowest BCUT2D eigenvalue weighted by atomic mass is 10.0. The van der Waals surface area contributed by atoms with Gasteiger partial charge in [0.25, 0.3) is 0 Å². The van der Waals surface area contributed by atoms with Crippen LogP contribution in [0.3, 0.4) is 0 Å². The first-order chi connectivity index (χ1) is 8.11. The van der Waals surface area contributed by atoms with E-state index in [0.29, 0.717) is 5.13 Å². The van der Waals surface area contributed by atoms with E-state index in [1.807, 2.05) is 0 Å². The zero-order valence-corrected chi connectivity index (χ0v) is 10.9. The average molecular weight is 255 g/mol. The first-order valence-corrected chi connectivity index (χ1v) is 6.45. The van der Waals surface area contributed by atoms with Gasteiger partial charge in [0.15, 0.2) is 5.13 Å². The molecule has 1 fully saturated rings. The molecule has 0 bridgehead atoms. The lowest BCUT2D eigenvalue weighted by molar-refractivity contribution is -0.146. The highest BCUT2D eigenvalue weighted by molar-refractivity contribution is 7.15. The van der Waals surface area contributed by atoms with Crippen molar-refractivity contribution in [1.29, 1.82) is 0 Å². The maximum atomic E-state index is 11.5. The number of carbonyl (C=O) groups excluding carboxylic acids is 1. The number of thiazole rings is 1. The Hall–Kier alpha value is -1.14. The lowest BCUT2D eigenvalue weighted by Gasteiger charge is -2.22. The molecule has 2 heterocycles. The molecule has 5 nitrogen and oxygen atoms in total. The van der Waals surface area contributed by atoms with Gasteiger partial charge < -0.3 is 10.5 Å². The lowest BCUT2D eigenvalue weighted by Crippen LogP contribution is -2.32. The van der Waals surface area contributed by atoms with E-state index in [4.69, 9.17) is 10.5 Å². The summed E-state index contributed by atoms with van der Waals surface area (Å²) in [6.45, 7) is 3.79. The molecule has 2 rings (SSSR count). The van der Waals surface area contributed by atoms with Crippen molar-refractivity contribution >= 4 is 22.4 Å². The van der Waals surface area contributed by atoms with Gasteiger partial charge >= 0.3 is 5.97 Å². The smallest absolute Gasteiger partial charge is 0.310 e. The second-order valence-electron chi connectivity index (χ2n) is 4.29. The highest BCUT2D eigenvalue weighted by Crippen LogP contribution is 2.28. The van der Waals surface area contributed by atoms with Crippen LogP contribution < -0.4 is 5.73 Å². The highest BCUT2D eigenvalue weighted by atomic mass is 32.1. The van der Waals surface area contributed by atoms with Gasteiger partial charge in [0.05, 0.1) is 13.0 Å². The van der Waals surface area contributed by atoms with Crippen LogP contribution in [0.5, 0.6) is 0 Å². The van der Waals surface area contributed by atoms with Crippen LogP contribution in [0, 0.1) is 5.92 Å². The molecule has 0 amide bonds. The molecule has 0 aliphatic carbocycles. The second-order valence-corrected chi connectivity index (χ2v) is 5.44. The molecule has 0 radical (unpaired) electrons. The van der Waals surface area contributed by atoms with E-state index in [2.05, 4.69) is 16.8 Å². The molecule has 6 heteroatoms. The van der Waals surface area contributed by atoms with E-state index < -0.39 is 0 Å². The number of likely N-dealkylation sites (tertiary alicyclic amines) is 1. The van der Waals surface area contributed by atoms with Gasteiger partial charge in [-0.15, -0.1) is 11.3 Å². The van der Waals surface area contributed by atoms with Crippen molar-refractivity contribution in [2.75, 3.05) is 19.4 Å². The Balaban J connectivity index is 1.98. The fourth-order valence-corrected chi connectivity index (χ4v) is 3.00. The Kier molecular flexibility index (Phi) is 3.63. The number of esters is 1. The van der Waals surface area contributed by atoms with Crippen molar-refractivity contribution in [1.82, 2.24) is 9.88 Å². The molecule has 1 aromatic heterocycles. The Bertz CT molecular complexity index is 407. The number of hydrogen-bond acceptors (Lipinski definition) is 6. The van der Waals surface area contributed by atoms with Crippen molar-refractivity contribution in [3.8, 4) is 0 Å². The standard InChI is InChI=1S/C11H17N3O2S/c1-7-9(10(15)16-2)3-4-14(7)6-8-5-13-11(12)17-8/h5,7,9H,3-4,6H2,1-2H3,(H2,12,13). The third-order valence-electron chi connectivity index (χ3n) is 3.32. The first-order valence-electron chi connectivity index (χ1n) is 5.64. The number of hydrogen-bond donors (Lipinski definition) is 1. The Morgan fingerprint density at radius 3 is 3.12 bits per heavy atom. The number of rotatable bonds is 3. The summed E-state index contributed by atoms with van der Waals surface area (Å²) in [6.07, 6.45) is 2.67. The molecule has 1 aliphatic rings. The summed E-state index contributed by atoms with van der Waals surface area (Å²) in [5, 5.41) is 0.594. The molecule has 17 heavy (non-hydrogen) atoms. The van der Waals surface area contributed by atoms with Crippen molar-refractivity contribution in [2.45, 2.75) is 25.9 Å². The summed E-state index contributed by atoms with van der Waals surface area (Å²) in [5.41, 5.74) is 5.60. The van der Waals surface area contributed by atoms with Gasteiger partial charge in [-0.25, -0.2) is 4.98 Å². The number of carbonyl (C=O) groups is 1. The Morgan fingerprint density at radius 1 is 1.76 bits per heavy atom. The van der Waals surface area contributed by atoms with Gasteiger partial charge in [-0.05, 0) is 19.9 Å². The van der Waals surface area contributed by atoms with E-state index in [-0.39, 0.29) is 17.9 Å². The van der Waals surface area contributed by atoms with E-state index in [1.165, 1.54) is 18.4 Å². The number of nitrogen functional groups attached to an aromatic ring is 1. The Labute approximate surface area is 105 Å². The topological polar surface area (TPSA) is 68.5 Å². The quantitative estimate of drug-likeness (QED) is 0.819. The molecule has 1 aliphatic heterocycles. The molecule has 1 saturated heterocycles. The minimum Gasteiger partial charge on any atom is -0.469 e. The van der Waals surface area contributed by atoms with Gasteiger partial charge in [-0.3, -0.25) is 9.69 Å². The molecule has 0 aromatic carbocycles. The maximum Gasteiger partial charge on any atom is 0.310 e. The molecule has 2 atom stereocenters. The van der Waals surface area contributed by atoms with Crippen LogP contribution in [0.25, 0.3) is 0 Å². The van der Waals surface area contributed by atoms with Crippen LogP contribution in [-0.4, -0.2) is 35.5 Å². The van der Waals surface area contributed by atoms with Crippen molar-refractivity contribution in [3.63, 3.8) is 0 Å². The van der Waals surface area contributed by atoms with E-state index in [9.17, 15) is 4.79 Å². The molecule has 94 valence electrons. The van der Waals surface area contributed by atoms with Gasteiger partial charge in [0, 0.05) is 23.7 Å². The number of nitrogens with zero attached hydrogens (tertiary/aromatic N) is 2. The highest BCUT2D eigenvalue weighted by Gasteiger charge is 2.36. The van der Waals surface area contributed by atoms with Crippen LogP contribution in [0.1, 0.15) is 18.2 Å². The predicted octanol–water partition coefficient (Wildman–Crippen LogP) is 1.11. The molecule has 2 N–H and O–H groups in total. The summed E-state index contributed by atoms with van der Waals surface area (Å²) >= 11 is 1.50. The van der Waals surface area contributed by atoms with Crippen LogP contribution >= 0.6 is 11.3 Å². The SMILES string of the molecule is COC(=O)C1CCN(Cc2cnc(N)s2)C1C. The number of anilines is 1. The summed E-state index contributed by atoms with van der Waals surface area (Å²) in [5.74, 6) is -0.117. The third-order valence-corrected chi connectivity index (χ3v) is 4.13. The van der Waals surface area contributed by atoms with E-state index >= 15 is 0 Å². The predicted molar refractivity (Wildman–Crippen MR) is 66.5 cm³/mol. The van der Waals surface area contributed by atoms with Crippen LogP contribution in [0.2, 0.25) is 0 Å². The van der Waals surface area contributed by atoms with Crippen LogP contribution in [0.15, 0.2) is 6.20 Å². The summed E-state index contributed by atoms with van der Waals surface area (Å²) in [7, 11) is 1.45. The number of aromatic nitrogens is 1. The van der Waals surface area contributed by atoms with E-state index in [1.54, 1.807) is 6.20 Å². The summed E-state index contributed by atoms with van der Waals surface area (Å²) in [4.78, 5) is 19.0. The maximum absolute atomic E-state index is 11.5. The van der Waals surface area contributed by atoms with Gasteiger partial charge in [0.1, 0.15) is 0 Å². The van der Waals surface area contributed by atoms with Crippen molar-refractivity contribution < 1.29 is 9.53 Å². The fraction of sp³-hybridized carbons (Fsp3) is 0.636. The monoisotopic (exact) mass is 255 g/mol. The first kappa shape index (κ1) is 12.3. The van der Waals surface area contributed by atoms with Crippen LogP contribution in [-0.2, 0) is 16.1 Å². The second kappa shape index (κ2) is 5.01. The average Bonchev–Trinajstić information content (AvgIpc) is 2.87. The number of methoxy groups -OCH3 is 1. The molecule has 0 spiro atoms. The molecule has 0 saturated carbocycles. The molecular formula is C11H17N3O2S. The van der Waals surface area contributed by atoms with E-state index in [0.717, 1.165) is 24.4 Å². The van der Waals surface area contributed by atoms with Crippen molar-refractivity contribution in [3.05, 3.63) is 11.1 Å². The van der Waals surface area contributed by atoms with Gasteiger partial charge in [-0.2, -0.15) is 0 Å². The summed E-state index contributed by atoms with van der Waals surface area (Å²) < 4.78 is 4.81. The molecular weight excluding hydrogens is 238 g/mol. The molecule has 2 unspecified atom stereocenters. The normalized spacial score (nSPS) is 25.1. The minimum atomic E-state index is -0.108. The van der Waals surface area contributed by atoms with Crippen molar-refractivity contribution in [2.24, 2.45) is 5.92 Å². The Morgan fingerprint density at radius 2 is 2.53 bits per heavy atom. The summed E-state index contributed by atoms with van der Waals surface area (Å²) in [6, 6.07) is 0.214. The minimum absolute atomic E-state index is 0.00901. The number of ether oxygens (including phenoxy) is 1.